The molecule has 1 N–H and O–H groups in total. The Morgan fingerprint density at radius 1 is 1.36 bits per heavy atom. The lowest BCUT2D eigenvalue weighted by molar-refractivity contribution is -0.139. The van der Waals surface area contributed by atoms with Crippen molar-refractivity contribution in [3.8, 4) is 0 Å². The van der Waals surface area contributed by atoms with E-state index in [1.807, 2.05) is 0 Å². The van der Waals surface area contributed by atoms with Crippen LogP contribution in [0.15, 0.2) is 11.7 Å². The summed E-state index contributed by atoms with van der Waals surface area (Å²) in [5, 5.41) is 8.66. The van der Waals surface area contributed by atoms with Gasteiger partial charge in [-0.2, -0.15) is 0 Å². The number of carboxylic acid groups (broad SMARTS) is 1. The van der Waals surface area contributed by atoms with Crippen molar-refractivity contribution in [2.45, 2.75) is 13.8 Å². The van der Waals surface area contributed by atoms with Crippen molar-refractivity contribution in [2.24, 2.45) is 17.3 Å². The van der Waals surface area contributed by atoms with E-state index in [0.29, 0.717) is 0 Å². The molecule has 0 aliphatic heterocycles. The lowest BCUT2D eigenvalue weighted by atomic mass is 10.1. The van der Waals surface area contributed by atoms with E-state index in [9.17, 15) is 18.0 Å². The summed E-state index contributed by atoms with van der Waals surface area (Å²) in [5.41, 5.74) is -0.831. The molecule has 1 aliphatic rings. The lowest BCUT2D eigenvalue weighted by Crippen LogP contribution is -2.03. The molecule has 1 aliphatic carbocycles. The molecule has 0 bridgehead atoms. The van der Waals surface area contributed by atoms with Gasteiger partial charge in [-0.1, -0.05) is 13.8 Å². The highest BCUT2D eigenvalue weighted by Crippen LogP contribution is 2.62. The van der Waals surface area contributed by atoms with Gasteiger partial charge in [0.05, 0.1) is 5.92 Å². The molecule has 14 heavy (non-hydrogen) atoms. The van der Waals surface area contributed by atoms with Crippen molar-refractivity contribution in [3.63, 3.8) is 0 Å². The van der Waals surface area contributed by atoms with Crippen LogP contribution in [0.2, 0.25) is 0 Å². The van der Waals surface area contributed by atoms with Gasteiger partial charge in [0.2, 0.25) is 0 Å². The smallest absolute Gasteiger partial charge is 0.307 e. The number of halogens is 3. The fraction of sp³-hybridized carbons (Fsp3) is 0.667. The SMILES string of the molecule is CC1(C)C(C(=O)O)C1/C(F)=C(\F)CF. The number of hydrogen-bond acceptors (Lipinski definition) is 1. The first-order valence-electron chi connectivity index (χ1n) is 4.16. The van der Waals surface area contributed by atoms with Crippen molar-refractivity contribution in [3.05, 3.63) is 11.7 Å². The maximum Gasteiger partial charge on any atom is 0.307 e. The summed E-state index contributed by atoms with van der Waals surface area (Å²) in [7, 11) is 0. The van der Waals surface area contributed by atoms with Crippen molar-refractivity contribution in [2.75, 3.05) is 6.67 Å². The molecule has 1 saturated carbocycles. The van der Waals surface area contributed by atoms with Crippen LogP contribution in [0.25, 0.3) is 0 Å². The monoisotopic (exact) mass is 208 g/mol. The predicted molar refractivity (Wildman–Crippen MR) is 43.6 cm³/mol. The quantitative estimate of drug-likeness (QED) is 0.773. The molecular weight excluding hydrogens is 197 g/mol. The predicted octanol–water partition coefficient (Wildman–Crippen LogP) is 2.46. The third kappa shape index (κ3) is 1.51. The summed E-state index contributed by atoms with van der Waals surface area (Å²) in [4.78, 5) is 10.6. The number of aliphatic carboxylic acids is 1. The van der Waals surface area contributed by atoms with E-state index >= 15 is 0 Å². The molecule has 5 heteroatoms. The average Bonchev–Trinajstić information content (AvgIpc) is 2.66. The van der Waals surface area contributed by atoms with Gasteiger partial charge in [0, 0.05) is 5.92 Å². The van der Waals surface area contributed by atoms with Gasteiger partial charge < -0.3 is 5.11 Å². The molecule has 1 rings (SSSR count). The van der Waals surface area contributed by atoms with Gasteiger partial charge in [-0.05, 0) is 5.41 Å². The molecule has 0 heterocycles. The molecule has 0 aromatic rings. The van der Waals surface area contributed by atoms with Gasteiger partial charge in [-0.3, -0.25) is 4.79 Å². The minimum Gasteiger partial charge on any atom is -0.481 e. The summed E-state index contributed by atoms with van der Waals surface area (Å²) in [6, 6.07) is 0. The van der Waals surface area contributed by atoms with Crippen molar-refractivity contribution >= 4 is 5.97 Å². The minimum absolute atomic E-state index is 0.831. The molecule has 2 nitrogen and oxygen atoms in total. The first-order valence-corrected chi connectivity index (χ1v) is 4.16. The molecule has 0 aromatic carbocycles. The van der Waals surface area contributed by atoms with Crippen LogP contribution in [0.5, 0.6) is 0 Å². The molecule has 1 fully saturated rings. The van der Waals surface area contributed by atoms with E-state index in [1.54, 1.807) is 0 Å². The summed E-state index contributed by atoms with van der Waals surface area (Å²) >= 11 is 0. The second-order valence-electron chi connectivity index (χ2n) is 4.00. The van der Waals surface area contributed by atoms with Crippen LogP contribution in [-0.2, 0) is 4.79 Å². The fourth-order valence-electron chi connectivity index (χ4n) is 1.80. The Hall–Kier alpha value is -1.00. The van der Waals surface area contributed by atoms with Crippen LogP contribution < -0.4 is 0 Å². The Morgan fingerprint density at radius 3 is 2.14 bits per heavy atom. The minimum atomic E-state index is -1.52. The van der Waals surface area contributed by atoms with Crippen LogP contribution in [-0.4, -0.2) is 17.8 Å². The van der Waals surface area contributed by atoms with E-state index in [0.717, 1.165) is 0 Å². The molecule has 0 amide bonds. The van der Waals surface area contributed by atoms with Gasteiger partial charge in [-0.15, -0.1) is 0 Å². The molecule has 0 aromatic heterocycles. The standard InChI is InChI=1S/C9H11F3O2/c1-9(2)5(6(9)8(13)14)7(12)4(11)3-10/h5-6H,3H2,1-2H3,(H,13,14)/b7-4+. The van der Waals surface area contributed by atoms with Gasteiger partial charge in [0.25, 0.3) is 0 Å². The number of hydrogen-bond donors (Lipinski definition) is 1. The van der Waals surface area contributed by atoms with Crippen LogP contribution in [0.4, 0.5) is 13.2 Å². The normalized spacial score (nSPS) is 30.9. The highest BCUT2D eigenvalue weighted by atomic mass is 19.2. The summed E-state index contributed by atoms with van der Waals surface area (Å²) in [6.07, 6.45) is 0. The van der Waals surface area contributed by atoms with E-state index < -0.39 is 41.5 Å². The van der Waals surface area contributed by atoms with E-state index in [2.05, 4.69) is 0 Å². The summed E-state index contributed by atoms with van der Waals surface area (Å²) in [6.45, 7) is 1.51. The zero-order valence-corrected chi connectivity index (χ0v) is 7.85. The number of alkyl halides is 1. The van der Waals surface area contributed by atoms with Crippen LogP contribution in [0.3, 0.4) is 0 Å². The molecule has 0 spiro atoms. The van der Waals surface area contributed by atoms with E-state index in [1.165, 1.54) is 13.8 Å². The van der Waals surface area contributed by atoms with Gasteiger partial charge >= 0.3 is 5.97 Å². The zero-order chi connectivity index (χ0) is 11.1. The Balaban J connectivity index is 2.89. The van der Waals surface area contributed by atoms with Crippen LogP contribution >= 0.6 is 0 Å². The molecule has 0 saturated heterocycles. The summed E-state index contributed by atoms with van der Waals surface area (Å²) < 4.78 is 37.4. The van der Waals surface area contributed by atoms with Crippen molar-refractivity contribution in [1.29, 1.82) is 0 Å². The highest BCUT2D eigenvalue weighted by Gasteiger charge is 2.65. The molecular formula is C9H11F3O2. The third-order valence-corrected chi connectivity index (χ3v) is 2.74. The molecule has 2 unspecified atom stereocenters. The topological polar surface area (TPSA) is 37.3 Å². The molecule has 80 valence electrons. The Kier molecular flexibility index (Phi) is 2.61. The van der Waals surface area contributed by atoms with E-state index in [4.69, 9.17) is 5.11 Å². The first kappa shape index (κ1) is 11.1. The average molecular weight is 208 g/mol. The third-order valence-electron chi connectivity index (χ3n) is 2.74. The second-order valence-corrected chi connectivity index (χ2v) is 4.00. The Bertz CT molecular complexity index is 296. The Labute approximate surface area is 79.4 Å². The number of rotatable bonds is 3. The second kappa shape index (κ2) is 3.29. The van der Waals surface area contributed by atoms with Crippen molar-refractivity contribution in [1.82, 2.24) is 0 Å². The largest absolute Gasteiger partial charge is 0.481 e. The first-order chi connectivity index (χ1) is 6.34. The zero-order valence-electron chi connectivity index (χ0n) is 7.85. The number of carbonyl (C=O) groups is 1. The maximum atomic E-state index is 13.1. The van der Waals surface area contributed by atoms with Gasteiger partial charge in [0.15, 0.2) is 5.83 Å². The lowest BCUT2D eigenvalue weighted by Gasteiger charge is -1.99. The molecule has 0 radical (unpaired) electrons. The summed E-state index contributed by atoms with van der Waals surface area (Å²) in [5.74, 6) is -5.92. The highest BCUT2D eigenvalue weighted by molar-refractivity contribution is 5.76. The van der Waals surface area contributed by atoms with E-state index in [-0.39, 0.29) is 0 Å². The number of allylic oxidation sites excluding steroid dienone is 2. The fourth-order valence-corrected chi connectivity index (χ4v) is 1.80. The maximum absolute atomic E-state index is 13.1. The Morgan fingerprint density at radius 2 is 1.86 bits per heavy atom. The van der Waals surface area contributed by atoms with Gasteiger partial charge in [0.1, 0.15) is 12.5 Å². The van der Waals surface area contributed by atoms with Crippen LogP contribution in [0, 0.1) is 17.3 Å². The number of carboxylic acids is 1. The van der Waals surface area contributed by atoms with Crippen LogP contribution in [0.1, 0.15) is 13.8 Å². The van der Waals surface area contributed by atoms with Crippen molar-refractivity contribution < 1.29 is 23.1 Å². The van der Waals surface area contributed by atoms with Gasteiger partial charge in [-0.25, -0.2) is 13.2 Å². The molecule has 2 atom stereocenters.